The third-order valence-corrected chi connectivity index (χ3v) is 3.98. The number of benzene rings is 1. The van der Waals surface area contributed by atoms with Crippen molar-refractivity contribution in [1.29, 1.82) is 0 Å². The van der Waals surface area contributed by atoms with Crippen LogP contribution in [0.2, 0.25) is 0 Å². The molecule has 2 aliphatic rings. The molecule has 0 saturated heterocycles. The van der Waals surface area contributed by atoms with Gasteiger partial charge in [0.25, 0.3) is 0 Å². The first kappa shape index (κ1) is 15.2. The zero-order valence-corrected chi connectivity index (χ0v) is 13.2. The molecule has 0 saturated carbocycles. The van der Waals surface area contributed by atoms with E-state index in [1.54, 1.807) is 39.1 Å². The number of ether oxygens (including phenoxy) is 3. The Bertz CT molecular complexity index is 698. The van der Waals surface area contributed by atoms with Gasteiger partial charge in [-0.1, -0.05) is 6.07 Å². The minimum Gasteiger partial charge on any atom is -0.463 e. The number of carbonyl (C=O) groups excluding carboxylic acids is 2. The quantitative estimate of drug-likeness (QED) is 0.862. The van der Waals surface area contributed by atoms with Crippen LogP contribution in [0.5, 0.6) is 11.5 Å². The topological polar surface area (TPSA) is 77.1 Å². The van der Waals surface area contributed by atoms with Crippen LogP contribution < -0.4 is 14.8 Å². The molecule has 1 aromatic carbocycles. The first-order valence-corrected chi connectivity index (χ1v) is 7.34. The summed E-state index contributed by atoms with van der Waals surface area (Å²) >= 11 is 0. The number of fused-ring (bicyclic) bond motifs is 1. The molecule has 23 heavy (non-hydrogen) atoms. The second-order valence-corrected chi connectivity index (χ2v) is 5.27. The number of allylic oxidation sites excluding steroid dienone is 1. The highest BCUT2D eigenvalue weighted by molar-refractivity contribution is 5.95. The summed E-state index contributed by atoms with van der Waals surface area (Å²) < 4.78 is 15.8. The van der Waals surface area contributed by atoms with Crippen LogP contribution in [0.1, 0.15) is 25.5 Å². The van der Waals surface area contributed by atoms with Gasteiger partial charge in [-0.25, -0.2) is 9.59 Å². The van der Waals surface area contributed by atoms with Gasteiger partial charge in [0.1, 0.15) is 0 Å². The van der Waals surface area contributed by atoms with Crippen LogP contribution >= 0.6 is 0 Å². The molecule has 1 N–H and O–H groups in total. The molecule has 0 spiro atoms. The number of carbonyl (C=O) groups is 2. The van der Waals surface area contributed by atoms with E-state index < -0.39 is 12.0 Å². The maximum absolute atomic E-state index is 12.4. The fourth-order valence-electron chi connectivity index (χ4n) is 2.65. The van der Waals surface area contributed by atoms with E-state index >= 15 is 0 Å². The van der Waals surface area contributed by atoms with Crippen molar-refractivity contribution in [3.8, 4) is 11.5 Å². The molecule has 0 aromatic heterocycles. The molecule has 0 aliphatic carbocycles. The van der Waals surface area contributed by atoms with Gasteiger partial charge in [0.05, 0.1) is 18.2 Å². The number of urea groups is 1. The summed E-state index contributed by atoms with van der Waals surface area (Å²) in [6.45, 7) is 3.90. The lowest BCUT2D eigenvalue weighted by atomic mass is 9.95. The highest BCUT2D eigenvalue weighted by Crippen LogP contribution is 2.37. The van der Waals surface area contributed by atoms with Gasteiger partial charge >= 0.3 is 12.0 Å². The van der Waals surface area contributed by atoms with Crippen molar-refractivity contribution in [2.75, 3.05) is 20.4 Å². The van der Waals surface area contributed by atoms with Crippen molar-refractivity contribution < 1.29 is 23.8 Å². The standard InChI is InChI=1S/C16H18N2O5/c1-4-21-15(19)13-9(2)18(3)16(20)17-14(13)10-5-6-11-12(7-10)23-8-22-11/h5-7,14H,4,8H2,1-3H3,(H,17,20)/t14-/m0/s1. The van der Waals surface area contributed by atoms with Gasteiger partial charge in [-0.15, -0.1) is 0 Å². The Morgan fingerprint density at radius 3 is 2.87 bits per heavy atom. The average molecular weight is 318 g/mol. The van der Waals surface area contributed by atoms with Crippen molar-refractivity contribution in [2.45, 2.75) is 19.9 Å². The first-order chi connectivity index (χ1) is 11.0. The molecule has 0 radical (unpaired) electrons. The maximum atomic E-state index is 12.4. The molecule has 1 aromatic rings. The van der Waals surface area contributed by atoms with Gasteiger partial charge < -0.3 is 24.4 Å². The van der Waals surface area contributed by atoms with Gasteiger partial charge in [0, 0.05) is 12.7 Å². The summed E-state index contributed by atoms with van der Waals surface area (Å²) in [5.74, 6) is 0.794. The normalized spacial score (nSPS) is 19.7. The van der Waals surface area contributed by atoms with Crippen LogP contribution in [-0.4, -0.2) is 37.3 Å². The molecule has 122 valence electrons. The van der Waals surface area contributed by atoms with Crippen LogP contribution in [0, 0.1) is 0 Å². The molecule has 2 amide bonds. The first-order valence-electron chi connectivity index (χ1n) is 7.34. The molecule has 7 nitrogen and oxygen atoms in total. The minimum atomic E-state index is -0.591. The SMILES string of the molecule is CCOC(=O)C1=C(C)N(C)C(=O)N[C@H]1c1ccc2c(c1)OCO2. The van der Waals surface area contributed by atoms with E-state index in [0.717, 1.165) is 5.56 Å². The van der Waals surface area contributed by atoms with Gasteiger partial charge in [0.2, 0.25) is 6.79 Å². The molecule has 7 heteroatoms. The monoisotopic (exact) mass is 318 g/mol. The van der Waals surface area contributed by atoms with Gasteiger partial charge in [-0.05, 0) is 31.5 Å². The van der Waals surface area contributed by atoms with E-state index in [0.29, 0.717) is 22.8 Å². The largest absolute Gasteiger partial charge is 0.463 e. The van der Waals surface area contributed by atoms with Crippen molar-refractivity contribution in [1.82, 2.24) is 10.2 Å². The van der Waals surface area contributed by atoms with Gasteiger partial charge in [0.15, 0.2) is 11.5 Å². The van der Waals surface area contributed by atoms with Crippen LogP contribution in [0.4, 0.5) is 4.79 Å². The smallest absolute Gasteiger partial charge is 0.338 e. The molecular formula is C16H18N2O5. The Morgan fingerprint density at radius 1 is 1.39 bits per heavy atom. The lowest BCUT2D eigenvalue weighted by Crippen LogP contribution is -2.46. The van der Waals surface area contributed by atoms with E-state index in [1.807, 2.05) is 0 Å². The Labute approximate surface area is 133 Å². The molecule has 2 heterocycles. The third-order valence-electron chi connectivity index (χ3n) is 3.98. The Hall–Kier alpha value is -2.70. The fraction of sp³-hybridized carbons (Fsp3) is 0.375. The molecule has 0 fully saturated rings. The zero-order valence-electron chi connectivity index (χ0n) is 13.2. The highest BCUT2D eigenvalue weighted by atomic mass is 16.7. The molecular weight excluding hydrogens is 300 g/mol. The molecule has 1 atom stereocenters. The van der Waals surface area contributed by atoms with E-state index in [-0.39, 0.29) is 19.4 Å². The van der Waals surface area contributed by atoms with Gasteiger partial charge in [-0.2, -0.15) is 0 Å². The fourth-order valence-corrected chi connectivity index (χ4v) is 2.65. The van der Waals surface area contributed by atoms with E-state index in [9.17, 15) is 9.59 Å². The summed E-state index contributed by atoms with van der Waals surface area (Å²) in [4.78, 5) is 25.9. The van der Waals surface area contributed by atoms with E-state index in [2.05, 4.69) is 5.32 Å². The summed E-state index contributed by atoms with van der Waals surface area (Å²) in [6.07, 6.45) is 0. The summed E-state index contributed by atoms with van der Waals surface area (Å²) in [7, 11) is 1.61. The number of nitrogens with zero attached hydrogens (tertiary/aromatic N) is 1. The predicted octanol–water partition coefficient (Wildman–Crippen LogP) is 1.95. The number of hydrogen-bond donors (Lipinski definition) is 1. The number of esters is 1. The van der Waals surface area contributed by atoms with Crippen LogP contribution in [-0.2, 0) is 9.53 Å². The van der Waals surface area contributed by atoms with Crippen LogP contribution in [0.25, 0.3) is 0 Å². The number of nitrogens with one attached hydrogen (secondary N) is 1. The summed E-state index contributed by atoms with van der Waals surface area (Å²) in [6, 6.07) is 4.47. The highest BCUT2D eigenvalue weighted by Gasteiger charge is 2.35. The van der Waals surface area contributed by atoms with Gasteiger partial charge in [-0.3, -0.25) is 0 Å². The number of hydrogen-bond acceptors (Lipinski definition) is 5. The van der Waals surface area contributed by atoms with Crippen molar-refractivity contribution >= 4 is 12.0 Å². The molecule has 0 bridgehead atoms. The lowest BCUT2D eigenvalue weighted by molar-refractivity contribution is -0.139. The van der Waals surface area contributed by atoms with Crippen molar-refractivity contribution in [3.05, 3.63) is 35.0 Å². The van der Waals surface area contributed by atoms with Crippen molar-refractivity contribution in [3.63, 3.8) is 0 Å². The van der Waals surface area contributed by atoms with Crippen molar-refractivity contribution in [2.24, 2.45) is 0 Å². The summed E-state index contributed by atoms with van der Waals surface area (Å²) in [5, 5.41) is 2.83. The predicted molar refractivity (Wildman–Crippen MR) is 80.9 cm³/mol. The van der Waals surface area contributed by atoms with E-state index in [1.165, 1.54) is 4.90 Å². The Morgan fingerprint density at radius 2 is 2.13 bits per heavy atom. The number of rotatable bonds is 3. The Balaban J connectivity index is 2.04. The second-order valence-electron chi connectivity index (χ2n) is 5.27. The lowest BCUT2D eigenvalue weighted by Gasteiger charge is -2.33. The molecule has 2 aliphatic heterocycles. The minimum absolute atomic E-state index is 0.165. The van der Waals surface area contributed by atoms with Crippen LogP contribution in [0.15, 0.2) is 29.5 Å². The maximum Gasteiger partial charge on any atom is 0.338 e. The van der Waals surface area contributed by atoms with Crippen LogP contribution in [0.3, 0.4) is 0 Å². The molecule has 3 rings (SSSR count). The Kier molecular flexibility index (Phi) is 3.85. The number of amides is 2. The zero-order chi connectivity index (χ0) is 16.6. The third kappa shape index (κ3) is 2.58. The van der Waals surface area contributed by atoms with E-state index in [4.69, 9.17) is 14.2 Å². The molecule has 0 unspecified atom stereocenters. The second kappa shape index (κ2) is 5.83. The average Bonchev–Trinajstić information content (AvgIpc) is 2.99. The summed E-state index contributed by atoms with van der Waals surface area (Å²) in [5.41, 5.74) is 1.71.